The van der Waals surface area contributed by atoms with Crippen molar-refractivity contribution in [3.63, 3.8) is 0 Å². The van der Waals surface area contributed by atoms with Crippen molar-refractivity contribution < 1.29 is 19.1 Å². The van der Waals surface area contributed by atoms with Gasteiger partial charge in [-0.15, -0.1) is 0 Å². The Hall–Kier alpha value is -4.07. The van der Waals surface area contributed by atoms with E-state index in [1.54, 1.807) is 25.3 Å². The van der Waals surface area contributed by atoms with Gasteiger partial charge in [-0.25, -0.2) is 5.43 Å². The molecule has 9 heteroatoms. The molecule has 0 bridgehead atoms. The Morgan fingerprint density at radius 2 is 1.66 bits per heavy atom. The second kappa shape index (κ2) is 14.5. The molecule has 212 valence electrons. The van der Waals surface area contributed by atoms with Crippen LogP contribution in [0.3, 0.4) is 0 Å². The average molecular weight is 593 g/mol. The molecule has 4 aromatic carbocycles. The highest BCUT2D eigenvalue weighted by atomic mass is 35.5. The van der Waals surface area contributed by atoms with Gasteiger partial charge < -0.3 is 14.8 Å². The molecule has 0 spiro atoms. The Balaban J connectivity index is 1.51. The lowest BCUT2D eigenvalue weighted by Gasteiger charge is -2.21. The molecule has 0 unspecified atom stereocenters. The monoisotopic (exact) mass is 591 g/mol. The molecule has 0 fully saturated rings. The lowest BCUT2D eigenvalue weighted by Crippen LogP contribution is -2.50. The summed E-state index contributed by atoms with van der Waals surface area (Å²) in [5, 5.41) is 9.73. The largest absolute Gasteiger partial charge is 0.493 e. The fourth-order valence-corrected chi connectivity index (χ4v) is 4.60. The molecule has 0 aliphatic heterocycles. The third-order valence-electron chi connectivity index (χ3n) is 6.24. The molecule has 4 rings (SSSR count). The normalized spacial score (nSPS) is 12.6. The average Bonchev–Trinajstić information content (AvgIpc) is 2.98. The smallest absolute Gasteiger partial charge is 0.262 e. The molecule has 2 atom stereocenters. The topological polar surface area (TPSA) is 89.0 Å². The summed E-state index contributed by atoms with van der Waals surface area (Å²) in [6.07, 6.45) is 1.74. The van der Waals surface area contributed by atoms with Gasteiger partial charge in [0.15, 0.2) is 6.10 Å². The number of nitrogens with zero attached hydrogens (tertiary/aromatic N) is 1. The Morgan fingerprint density at radius 1 is 0.927 bits per heavy atom. The zero-order valence-corrected chi connectivity index (χ0v) is 24.3. The first-order chi connectivity index (χ1) is 19.9. The Kier molecular flexibility index (Phi) is 10.6. The van der Waals surface area contributed by atoms with E-state index in [1.807, 2.05) is 73.7 Å². The predicted octanol–water partition coefficient (Wildman–Crippen LogP) is 6.58. The van der Waals surface area contributed by atoms with Crippen molar-refractivity contribution in [3.8, 4) is 11.5 Å². The molecule has 2 amide bonds. The standard InChI is InChI=1S/C32H31Cl2N3O4/c1-3-17-40-29-15-13-23-11-7-8-12-25(23)26(29)20-35-37-32(39)28(18-22-9-5-4-6-10-22)36-31(38)21(2)41-30-16-14-24(33)19-27(30)34/h4-16,19-21,28H,3,17-18H2,1-2H3,(H,36,38)(H,37,39)/b35-20-/t21-,28+/m1/s1. The molecule has 0 saturated heterocycles. The van der Waals surface area contributed by atoms with Gasteiger partial charge in [0.25, 0.3) is 11.8 Å². The summed E-state index contributed by atoms with van der Waals surface area (Å²) in [4.78, 5) is 26.4. The molecule has 0 aromatic heterocycles. The number of fused-ring (bicyclic) bond motifs is 1. The molecular weight excluding hydrogens is 561 g/mol. The molecule has 7 nitrogen and oxygen atoms in total. The van der Waals surface area contributed by atoms with Gasteiger partial charge in [-0.05, 0) is 53.9 Å². The van der Waals surface area contributed by atoms with Crippen molar-refractivity contribution in [1.82, 2.24) is 10.7 Å². The molecule has 0 aliphatic carbocycles. The molecule has 4 aromatic rings. The molecule has 0 radical (unpaired) electrons. The van der Waals surface area contributed by atoms with Crippen LogP contribution in [0.4, 0.5) is 0 Å². The minimum atomic E-state index is -0.933. The van der Waals surface area contributed by atoms with Crippen LogP contribution < -0.4 is 20.2 Å². The van der Waals surface area contributed by atoms with Crippen LogP contribution in [-0.4, -0.2) is 36.8 Å². The van der Waals surface area contributed by atoms with Crippen molar-refractivity contribution in [2.45, 2.75) is 38.8 Å². The fourth-order valence-electron chi connectivity index (χ4n) is 4.15. The van der Waals surface area contributed by atoms with E-state index in [1.165, 1.54) is 6.07 Å². The number of nitrogens with one attached hydrogen (secondary N) is 2. The van der Waals surface area contributed by atoms with E-state index in [9.17, 15) is 9.59 Å². The highest BCUT2D eigenvalue weighted by molar-refractivity contribution is 6.35. The van der Waals surface area contributed by atoms with Gasteiger partial charge in [0, 0.05) is 17.0 Å². The van der Waals surface area contributed by atoms with Crippen LogP contribution in [0.2, 0.25) is 10.0 Å². The minimum Gasteiger partial charge on any atom is -0.493 e. The van der Waals surface area contributed by atoms with E-state index < -0.39 is 24.0 Å². The summed E-state index contributed by atoms with van der Waals surface area (Å²) in [6, 6.07) is 25.0. The molecule has 2 N–H and O–H groups in total. The molecule has 0 heterocycles. The van der Waals surface area contributed by atoms with Crippen LogP contribution in [0.5, 0.6) is 11.5 Å². The van der Waals surface area contributed by atoms with E-state index in [4.69, 9.17) is 32.7 Å². The number of hydrogen-bond donors (Lipinski definition) is 2. The molecule has 41 heavy (non-hydrogen) atoms. The van der Waals surface area contributed by atoms with Crippen LogP contribution >= 0.6 is 23.2 Å². The maximum absolute atomic E-state index is 13.3. The highest BCUT2D eigenvalue weighted by Gasteiger charge is 2.25. The van der Waals surface area contributed by atoms with Crippen molar-refractivity contribution in [2.75, 3.05) is 6.61 Å². The number of ether oxygens (including phenoxy) is 2. The van der Waals surface area contributed by atoms with Gasteiger partial charge in [0.2, 0.25) is 0 Å². The van der Waals surface area contributed by atoms with Crippen LogP contribution in [-0.2, 0) is 16.0 Å². The lowest BCUT2D eigenvalue weighted by atomic mass is 10.0. The maximum Gasteiger partial charge on any atom is 0.262 e. The van der Waals surface area contributed by atoms with Crippen LogP contribution in [0.25, 0.3) is 10.8 Å². The Morgan fingerprint density at radius 3 is 2.41 bits per heavy atom. The lowest BCUT2D eigenvalue weighted by molar-refractivity contribution is -0.132. The number of hydrazone groups is 1. The zero-order chi connectivity index (χ0) is 29.2. The van der Waals surface area contributed by atoms with E-state index >= 15 is 0 Å². The van der Waals surface area contributed by atoms with Crippen LogP contribution in [0.1, 0.15) is 31.4 Å². The summed E-state index contributed by atoms with van der Waals surface area (Å²) in [6.45, 7) is 4.17. The van der Waals surface area contributed by atoms with E-state index in [2.05, 4.69) is 15.8 Å². The summed E-state index contributed by atoms with van der Waals surface area (Å²) in [5.41, 5.74) is 4.22. The van der Waals surface area contributed by atoms with Gasteiger partial charge in [-0.1, -0.05) is 90.8 Å². The number of rotatable bonds is 12. The van der Waals surface area contributed by atoms with E-state index in [-0.39, 0.29) is 11.4 Å². The molecule has 0 saturated carbocycles. The first-order valence-electron chi connectivity index (χ1n) is 13.3. The third-order valence-corrected chi connectivity index (χ3v) is 6.77. The fraction of sp³-hybridized carbons (Fsp3) is 0.219. The first kappa shape index (κ1) is 29.9. The maximum atomic E-state index is 13.3. The summed E-state index contributed by atoms with van der Waals surface area (Å²) >= 11 is 12.1. The van der Waals surface area contributed by atoms with Gasteiger partial charge >= 0.3 is 0 Å². The van der Waals surface area contributed by atoms with Gasteiger partial charge in [0.1, 0.15) is 17.5 Å². The van der Waals surface area contributed by atoms with E-state index in [0.29, 0.717) is 23.1 Å². The van der Waals surface area contributed by atoms with Crippen molar-refractivity contribution in [3.05, 3.63) is 106 Å². The zero-order valence-electron chi connectivity index (χ0n) is 22.8. The van der Waals surface area contributed by atoms with Crippen molar-refractivity contribution in [2.24, 2.45) is 5.10 Å². The molecular formula is C32H31Cl2N3O4. The number of carbonyl (C=O) groups excluding carboxylic acids is 2. The SMILES string of the molecule is CCCOc1ccc2ccccc2c1/C=N\NC(=O)[C@H](Cc1ccccc1)NC(=O)[C@@H](C)Oc1ccc(Cl)cc1Cl. The minimum absolute atomic E-state index is 0.251. The second-order valence-electron chi connectivity index (χ2n) is 9.37. The number of benzene rings is 4. The Labute approximate surface area is 249 Å². The number of carbonyl (C=O) groups is 2. The highest BCUT2D eigenvalue weighted by Crippen LogP contribution is 2.29. The Bertz CT molecular complexity index is 1530. The predicted molar refractivity (Wildman–Crippen MR) is 164 cm³/mol. The third kappa shape index (κ3) is 8.22. The number of amides is 2. The van der Waals surface area contributed by atoms with Crippen LogP contribution in [0, 0.1) is 0 Å². The first-order valence-corrected chi connectivity index (χ1v) is 14.0. The van der Waals surface area contributed by atoms with Gasteiger partial charge in [-0.2, -0.15) is 5.10 Å². The van der Waals surface area contributed by atoms with Gasteiger partial charge in [-0.3, -0.25) is 9.59 Å². The number of halogens is 2. The summed E-state index contributed by atoms with van der Waals surface area (Å²) < 4.78 is 11.7. The van der Waals surface area contributed by atoms with Crippen molar-refractivity contribution >= 4 is 52.0 Å². The van der Waals surface area contributed by atoms with Crippen LogP contribution in [0.15, 0.2) is 90.0 Å². The van der Waals surface area contributed by atoms with Gasteiger partial charge in [0.05, 0.1) is 17.8 Å². The summed E-state index contributed by atoms with van der Waals surface area (Å²) in [5.74, 6) is 0.0138. The van der Waals surface area contributed by atoms with Crippen molar-refractivity contribution in [1.29, 1.82) is 0 Å². The summed E-state index contributed by atoms with van der Waals surface area (Å²) in [7, 11) is 0. The molecule has 0 aliphatic rings. The second-order valence-corrected chi connectivity index (χ2v) is 10.2. The quantitative estimate of drug-likeness (QED) is 0.144. The van der Waals surface area contributed by atoms with E-state index in [0.717, 1.165) is 28.3 Å². The number of hydrogen-bond acceptors (Lipinski definition) is 5.